The molecule has 0 amide bonds. The molecule has 0 radical (unpaired) electrons. The molecule has 0 aromatic heterocycles. The molecule has 0 aliphatic carbocycles. The maximum atomic E-state index is 9.98. The molecule has 0 aromatic carbocycles. The molecular weight excluding hydrogens is 148 g/mol. The standard InChI is InChI=1S/C4H10N6O/c1-9(2)4(7)10(8-11)3(5)6/h7H,1-2H3,(H3,5,6). The molecule has 0 fully saturated rings. The Bertz CT molecular complexity index is 187. The minimum atomic E-state index is -0.571. The lowest BCUT2D eigenvalue weighted by atomic mass is 10.7. The van der Waals surface area contributed by atoms with Crippen LogP contribution in [0.15, 0.2) is 5.29 Å². The van der Waals surface area contributed by atoms with E-state index < -0.39 is 5.96 Å². The minimum Gasteiger partial charge on any atom is -0.368 e. The molecule has 0 heterocycles. The van der Waals surface area contributed by atoms with Crippen LogP contribution in [0.4, 0.5) is 0 Å². The van der Waals surface area contributed by atoms with Crippen LogP contribution in [0, 0.1) is 15.7 Å². The Labute approximate surface area is 63.7 Å². The lowest BCUT2D eigenvalue weighted by Crippen LogP contribution is -2.43. The maximum Gasteiger partial charge on any atom is 0.224 e. The zero-order chi connectivity index (χ0) is 9.02. The summed E-state index contributed by atoms with van der Waals surface area (Å²) < 4.78 is 0. The predicted molar refractivity (Wildman–Crippen MR) is 41.0 cm³/mol. The number of rotatable bonds is 1. The van der Waals surface area contributed by atoms with Gasteiger partial charge in [-0.15, -0.1) is 9.92 Å². The largest absolute Gasteiger partial charge is 0.368 e. The summed E-state index contributed by atoms with van der Waals surface area (Å²) in [7, 11) is 3.09. The van der Waals surface area contributed by atoms with Gasteiger partial charge < -0.3 is 10.6 Å². The summed E-state index contributed by atoms with van der Waals surface area (Å²) in [6.07, 6.45) is 0. The van der Waals surface area contributed by atoms with Gasteiger partial charge in [0.1, 0.15) is 0 Å². The number of hydrogen-bond donors (Lipinski definition) is 3. The molecule has 0 saturated carbocycles. The molecule has 0 unspecified atom stereocenters. The van der Waals surface area contributed by atoms with Crippen LogP contribution in [-0.2, 0) is 0 Å². The van der Waals surface area contributed by atoms with Gasteiger partial charge in [-0.1, -0.05) is 0 Å². The van der Waals surface area contributed by atoms with Crippen molar-refractivity contribution in [1.82, 2.24) is 9.91 Å². The number of nitrogens with zero attached hydrogens (tertiary/aromatic N) is 3. The molecule has 0 saturated heterocycles. The topological polar surface area (TPSA) is 110 Å². The number of hydrogen-bond acceptors (Lipinski definition) is 4. The fraction of sp³-hybridized carbons (Fsp3) is 0.500. The Morgan fingerprint density at radius 1 is 1.45 bits per heavy atom. The summed E-state index contributed by atoms with van der Waals surface area (Å²) >= 11 is 0. The van der Waals surface area contributed by atoms with E-state index in [9.17, 15) is 4.91 Å². The van der Waals surface area contributed by atoms with Gasteiger partial charge in [-0.05, 0) is 0 Å². The van der Waals surface area contributed by atoms with Crippen molar-refractivity contribution in [3.63, 3.8) is 0 Å². The monoisotopic (exact) mass is 158 g/mol. The highest BCUT2D eigenvalue weighted by Gasteiger charge is 2.14. The van der Waals surface area contributed by atoms with Crippen LogP contribution in [0.25, 0.3) is 0 Å². The molecular formula is C4H10N6O. The molecule has 0 atom stereocenters. The number of nitroso groups, excluding NO2 is 1. The van der Waals surface area contributed by atoms with Crippen molar-refractivity contribution in [3.05, 3.63) is 4.91 Å². The zero-order valence-electron chi connectivity index (χ0n) is 6.33. The average molecular weight is 158 g/mol. The third-order valence-electron chi connectivity index (χ3n) is 0.934. The van der Waals surface area contributed by atoms with Crippen LogP contribution in [-0.4, -0.2) is 35.9 Å². The average Bonchev–Trinajstić information content (AvgIpc) is 1.88. The van der Waals surface area contributed by atoms with Gasteiger partial charge in [0.2, 0.25) is 11.9 Å². The van der Waals surface area contributed by atoms with Gasteiger partial charge in [-0.3, -0.25) is 10.8 Å². The highest BCUT2D eigenvalue weighted by atomic mass is 16.3. The second-order valence-corrected chi connectivity index (χ2v) is 2.00. The molecule has 4 N–H and O–H groups in total. The lowest BCUT2D eigenvalue weighted by molar-refractivity contribution is 0.489. The van der Waals surface area contributed by atoms with Gasteiger partial charge in [0.25, 0.3) is 0 Å². The maximum absolute atomic E-state index is 9.98. The van der Waals surface area contributed by atoms with Crippen molar-refractivity contribution in [2.45, 2.75) is 0 Å². The first-order valence-corrected chi connectivity index (χ1v) is 2.74. The molecule has 0 aliphatic rings. The molecule has 0 spiro atoms. The van der Waals surface area contributed by atoms with E-state index >= 15 is 0 Å². The lowest BCUT2D eigenvalue weighted by Gasteiger charge is -2.19. The summed E-state index contributed by atoms with van der Waals surface area (Å²) in [6, 6.07) is 0. The van der Waals surface area contributed by atoms with Crippen molar-refractivity contribution >= 4 is 11.9 Å². The van der Waals surface area contributed by atoms with Crippen LogP contribution in [0.3, 0.4) is 0 Å². The number of guanidine groups is 2. The van der Waals surface area contributed by atoms with Crippen molar-refractivity contribution in [2.24, 2.45) is 11.0 Å². The second-order valence-electron chi connectivity index (χ2n) is 2.00. The van der Waals surface area contributed by atoms with Gasteiger partial charge in [0.05, 0.1) is 5.29 Å². The molecule has 0 aliphatic heterocycles. The van der Waals surface area contributed by atoms with E-state index in [1.54, 1.807) is 14.1 Å². The van der Waals surface area contributed by atoms with E-state index in [0.29, 0.717) is 5.01 Å². The molecule has 11 heavy (non-hydrogen) atoms. The predicted octanol–water partition coefficient (Wildman–Crippen LogP) is -0.640. The Hall–Kier alpha value is -1.66. The zero-order valence-corrected chi connectivity index (χ0v) is 6.33. The van der Waals surface area contributed by atoms with Crippen LogP contribution in [0.2, 0.25) is 0 Å². The highest BCUT2D eigenvalue weighted by molar-refractivity contribution is 5.94. The smallest absolute Gasteiger partial charge is 0.224 e. The van der Waals surface area contributed by atoms with Crippen LogP contribution in [0.5, 0.6) is 0 Å². The van der Waals surface area contributed by atoms with E-state index in [2.05, 4.69) is 5.29 Å². The van der Waals surface area contributed by atoms with Crippen molar-refractivity contribution in [2.75, 3.05) is 14.1 Å². The van der Waals surface area contributed by atoms with Gasteiger partial charge in [0.15, 0.2) is 0 Å². The first-order chi connectivity index (χ1) is 5.00. The van der Waals surface area contributed by atoms with E-state index in [0.717, 1.165) is 0 Å². The Morgan fingerprint density at radius 3 is 2.00 bits per heavy atom. The van der Waals surface area contributed by atoms with E-state index in [1.165, 1.54) is 4.90 Å². The van der Waals surface area contributed by atoms with E-state index in [1.807, 2.05) is 0 Å². The van der Waals surface area contributed by atoms with Crippen LogP contribution >= 0.6 is 0 Å². The van der Waals surface area contributed by atoms with Crippen molar-refractivity contribution < 1.29 is 0 Å². The molecule has 0 rings (SSSR count). The third-order valence-corrected chi connectivity index (χ3v) is 0.934. The first kappa shape index (κ1) is 9.34. The van der Waals surface area contributed by atoms with Gasteiger partial charge >= 0.3 is 0 Å². The Morgan fingerprint density at radius 2 is 1.91 bits per heavy atom. The number of nitrogens with one attached hydrogen (secondary N) is 2. The molecule has 0 bridgehead atoms. The molecule has 7 nitrogen and oxygen atoms in total. The minimum absolute atomic E-state index is 0.243. The van der Waals surface area contributed by atoms with Crippen molar-refractivity contribution in [1.29, 1.82) is 10.8 Å². The van der Waals surface area contributed by atoms with Gasteiger partial charge in [-0.25, -0.2) is 0 Å². The summed E-state index contributed by atoms with van der Waals surface area (Å²) in [5.41, 5.74) is 4.93. The summed E-state index contributed by atoms with van der Waals surface area (Å²) in [6.45, 7) is 0. The normalized spacial score (nSPS) is 8.55. The van der Waals surface area contributed by atoms with Crippen molar-refractivity contribution in [3.8, 4) is 0 Å². The Kier molecular flexibility index (Phi) is 2.97. The van der Waals surface area contributed by atoms with Crippen LogP contribution in [0.1, 0.15) is 0 Å². The van der Waals surface area contributed by atoms with Gasteiger partial charge in [0, 0.05) is 14.1 Å². The number of nitrogens with two attached hydrogens (primary N) is 1. The summed E-state index contributed by atoms with van der Waals surface area (Å²) in [5.74, 6) is -0.814. The summed E-state index contributed by atoms with van der Waals surface area (Å²) in [4.78, 5) is 11.3. The fourth-order valence-electron chi connectivity index (χ4n) is 0.386. The third kappa shape index (κ3) is 2.20. The highest BCUT2D eigenvalue weighted by Crippen LogP contribution is 1.91. The van der Waals surface area contributed by atoms with E-state index in [4.69, 9.17) is 16.6 Å². The van der Waals surface area contributed by atoms with Gasteiger partial charge in [-0.2, -0.15) is 0 Å². The SMILES string of the molecule is CN(C)C(=N)N(N=O)C(=N)N. The quantitative estimate of drug-likeness (QED) is 0.204. The molecule has 62 valence electrons. The molecule has 0 aromatic rings. The van der Waals surface area contributed by atoms with Crippen LogP contribution < -0.4 is 5.73 Å². The van der Waals surface area contributed by atoms with E-state index in [-0.39, 0.29) is 5.96 Å². The summed E-state index contributed by atoms with van der Waals surface area (Å²) in [5, 5.41) is 16.8. The first-order valence-electron chi connectivity index (χ1n) is 2.74. The fourth-order valence-corrected chi connectivity index (χ4v) is 0.386. The Balaban J connectivity index is 4.39. The molecule has 7 heteroatoms. The second kappa shape index (κ2) is 3.49.